The Bertz CT molecular complexity index is 553. The second kappa shape index (κ2) is 5.31. The largest absolute Gasteiger partial charge is 0.395 e. The average Bonchev–Trinajstić information content (AvgIpc) is 2.77. The van der Waals surface area contributed by atoms with Crippen LogP contribution in [-0.4, -0.2) is 33.6 Å². The molecule has 0 aromatic heterocycles. The third-order valence-corrected chi connectivity index (χ3v) is 9.00. The van der Waals surface area contributed by atoms with Gasteiger partial charge in [-0.25, -0.2) is 0 Å². The molecular weight excluding hydrogens is 300 g/mol. The molecule has 0 spiro atoms. The van der Waals surface area contributed by atoms with Gasteiger partial charge in [0, 0.05) is 5.41 Å². The van der Waals surface area contributed by atoms with Crippen molar-refractivity contribution in [1.29, 1.82) is 0 Å². The molecule has 0 unspecified atom stereocenters. The molecule has 0 bridgehead atoms. The molecule has 136 valence electrons. The molecule has 3 nitrogen and oxygen atoms in total. The minimum atomic E-state index is -0.548. The van der Waals surface area contributed by atoms with Gasteiger partial charge < -0.3 is 15.3 Å². The van der Waals surface area contributed by atoms with E-state index in [4.69, 9.17) is 0 Å². The second-order valence-electron chi connectivity index (χ2n) is 9.85. The first kappa shape index (κ1) is 17.1. The third kappa shape index (κ3) is 2.01. The Morgan fingerprint density at radius 2 is 1.79 bits per heavy atom. The highest BCUT2D eigenvalue weighted by molar-refractivity contribution is 5.28. The summed E-state index contributed by atoms with van der Waals surface area (Å²) in [4.78, 5) is 0. The van der Waals surface area contributed by atoms with E-state index in [2.05, 4.69) is 19.9 Å². The lowest BCUT2D eigenvalue weighted by molar-refractivity contribution is -0.139. The van der Waals surface area contributed by atoms with Crippen molar-refractivity contribution in [1.82, 2.24) is 0 Å². The normalized spacial score (nSPS) is 56.9. The third-order valence-electron chi connectivity index (χ3n) is 9.00. The molecule has 4 aliphatic carbocycles. The summed E-state index contributed by atoms with van der Waals surface area (Å²) in [6, 6.07) is 0. The van der Waals surface area contributed by atoms with Crippen molar-refractivity contribution in [3.63, 3.8) is 0 Å². The van der Waals surface area contributed by atoms with Gasteiger partial charge in [0.15, 0.2) is 0 Å². The average molecular weight is 335 g/mol. The minimum absolute atomic E-state index is 0.0223. The molecule has 24 heavy (non-hydrogen) atoms. The summed E-state index contributed by atoms with van der Waals surface area (Å²) in [6.45, 7) is 6.94. The minimum Gasteiger partial charge on any atom is -0.395 e. The van der Waals surface area contributed by atoms with E-state index in [1.807, 2.05) is 6.92 Å². The van der Waals surface area contributed by atoms with E-state index in [-0.39, 0.29) is 23.5 Å². The molecule has 8 atom stereocenters. The molecule has 3 heteroatoms. The summed E-state index contributed by atoms with van der Waals surface area (Å²) in [5.41, 5.74) is 0.694. The van der Waals surface area contributed by atoms with Crippen molar-refractivity contribution in [2.75, 3.05) is 6.61 Å². The van der Waals surface area contributed by atoms with Crippen LogP contribution in [0, 0.1) is 34.5 Å². The standard InChI is InChI=1S/C21H34O3/c1-13-10-14-11-15(23)4-9-21(14,12-22)17-5-7-19(2)16(18(13)17)6-8-20(19,3)24/h11,13,15-18,22-24H,4-10,12H2,1-3H3/t13-,15+,16+,17+,18+,19+,20+,21-/m1/s1. The summed E-state index contributed by atoms with van der Waals surface area (Å²) in [6.07, 6.45) is 8.65. The molecule has 0 aromatic rings. The van der Waals surface area contributed by atoms with Gasteiger partial charge >= 0.3 is 0 Å². The highest BCUT2D eigenvalue weighted by atomic mass is 16.3. The van der Waals surface area contributed by atoms with E-state index >= 15 is 0 Å². The quantitative estimate of drug-likeness (QED) is 0.645. The zero-order valence-electron chi connectivity index (χ0n) is 15.5. The first-order valence-corrected chi connectivity index (χ1v) is 9.98. The van der Waals surface area contributed by atoms with Crippen molar-refractivity contribution in [3.8, 4) is 0 Å². The summed E-state index contributed by atoms with van der Waals surface area (Å²) in [5, 5.41) is 31.6. The maximum Gasteiger partial charge on any atom is 0.0724 e. The number of rotatable bonds is 1. The lowest BCUT2D eigenvalue weighted by atomic mass is 9.44. The Hall–Kier alpha value is -0.380. The smallest absolute Gasteiger partial charge is 0.0724 e. The van der Waals surface area contributed by atoms with Crippen LogP contribution in [-0.2, 0) is 0 Å². The molecule has 3 fully saturated rings. The summed E-state index contributed by atoms with van der Waals surface area (Å²) in [5.74, 6) is 2.25. The SMILES string of the molecule is C[C@@H]1CC2=C[C@@H](O)CC[C@]2(CO)[C@H]2CC[C@@]3(C)[C@@H](CC[C@]3(C)O)[C@H]12. The Morgan fingerprint density at radius 1 is 1.08 bits per heavy atom. The van der Waals surface area contributed by atoms with Crippen molar-refractivity contribution in [2.24, 2.45) is 34.5 Å². The van der Waals surface area contributed by atoms with Gasteiger partial charge in [0.1, 0.15) is 0 Å². The number of hydrogen-bond donors (Lipinski definition) is 3. The molecule has 0 aromatic carbocycles. The van der Waals surface area contributed by atoms with Gasteiger partial charge in [-0.2, -0.15) is 0 Å². The first-order valence-electron chi connectivity index (χ1n) is 9.98. The van der Waals surface area contributed by atoms with E-state index < -0.39 is 5.60 Å². The Morgan fingerprint density at radius 3 is 2.50 bits per heavy atom. The highest BCUT2D eigenvalue weighted by Gasteiger charge is 2.64. The fourth-order valence-corrected chi connectivity index (χ4v) is 7.40. The van der Waals surface area contributed by atoms with E-state index in [9.17, 15) is 15.3 Å². The van der Waals surface area contributed by atoms with Crippen molar-refractivity contribution >= 4 is 0 Å². The fourth-order valence-electron chi connectivity index (χ4n) is 7.40. The Labute approximate surface area is 146 Å². The molecule has 0 aliphatic heterocycles. The Balaban J connectivity index is 1.75. The topological polar surface area (TPSA) is 60.7 Å². The van der Waals surface area contributed by atoms with Crippen LogP contribution >= 0.6 is 0 Å². The number of aliphatic hydroxyl groups is 3. The summed E-state index contributed by atoms with van der Waals surface area (Å²) < 4.78 is 0. The maximum atomic E-state index is 11.0. The zero-order valence-corrected chi connectivity index (χ0v) is 15.5. The second-order valence-corrected chi connectivity index (χ2v) is 9.85. The Kier molecular flexibility index (Phi) is 3.77. The number of fused-ring (bicyclic) bond motifs is 5. The van der Waals surface area contributed by atoms with E-state index in [0.29, 0.717) is 23.7 Å². The fraction of sp³-hybridized carbons (Fsp3) is 0.905. The van der Waals surface area contributed by atoms with E-state index in [1.165, 1.54) is 5.57 Å². The van der Waals surface area contributed by atoms with Crippen LogP contribution in [0.5, 0.6) is 0 Å². The first-order chi connectivity index (χ1) is 11.2. The van der Waals surface area contributed by atoms with Gasteiger partial charge in [-0.1, -0.05) is 25.5 Å². The summed E-state index contributed by atoms with van der Waals surface area (Å²) >= 11 is 0. The number of hydrogen-bond acceptors (Lipinski definition) is 3. The van der Waals surface area contributed by atoms with Crippen molar-refractivity contribution in [2.45, 2.75) is 77.4 Å². The molecule has 4 rings (SSSR count). The van der Waals surface area contributed by atoms with Gasteiger partial charge in [-0.15, -0.1) is 0 Å². The van der Waals surface area contributed by atoms with Crippen LogP contribution in [0.15, 0.2) is 11.6 Å². The highest BCUT2D eigenvalue weighted by Crippen LogP contribution is 2.68. The van der Waals surface area contributed by atoms with E-state index in [0.717, 1.165) is 44.9 Å². The zero-order chi connectivity index (χ0) is 17.3. The predicted molar refractivity (Wildman–Crippen MR) is 94.3 cm³/mol. The number of aliphatic hydroxyl groups excluding tert-OH is 2. The van der Waals surface area contributed by atoms with E-state index in [1.54, 1.807) is 0 Å². The predicted octanol–water partition coefficient (Wildman–Crippen LogP) is 3.28. The molecule has 0 saturated heterocycles. The summed E-state index contributed by atoms with van der Waals surface area (Å²) in [7, 11) is 0. The molecule has 4 aliphatic rings. The van der Waals surface area contributed by atoms with Crippen LogP contribution in [0.4, 0.5) is 0 Å². The molecule has 0 radical (unpaired) electrons. The van der Waals surface area contributed by atoms with Gasteiger partial charge in [-0.3, -0.25) is 0 Å². The molecule has 0 heterocycles. The van der Waals surface area contributed by atoms with Gasteiger partial charge in [0.05, 0.1) is 18.3 Å². The lowest BCUT2D eigenvalue weighted by Crippen LogP contribution is -2.57. The van der Waals surface area contributed by atoms with Crippen LogP contribution in [0.25, 0.3) is 0 Å². The molecular formula is C21H34O3. The molecule has 0 amide bonds. The van der Waals surface area contributed by atoms with Gasteiger partial charge in [0.25, 0.3) is 0 Å². The maximum absolute atomic E-state index is 11.0. The van der Waals surface area contributed by atoms with Crippen LogP contribution in [0.1, 0.15) is 65.7 Å². The van der Waals surface area contributed by atoms with Crippen LogP contribution < -0.4 is 0 Å². The molecule has 3 N–H and O–H groups in total. The van der Waals surface area contributed by atoms with Crippen molar-refractivity contribution in [3.05, 3.63) is 11.6 Å². The van der Waals surface area contributed by atoms with Crippen molar-refractivity contribution < 1.29 is 15.3 Å². The van der Waals surface area contributed by atoms with Gasteiger partial charge in [0.2, 0.25) is 0 Å². The van der Waals surface area contributed by atoms with Gasteiger partial charge in [-0.05, 0) is 81.0 Å². The lowest BCUT2D eigenvalue weighted by Gasteiger charge is -2.61. The van der Waals surface area contributed by atoms with Crippen LogP contribution in [0.2, 0.25) is 0 Å². The molecule has 3 saturated carbocycles. The van der Waals surface area contributed by atoms with Crippen LogP contribution in [0.3, 0.4) is 0 Å². The monoisotopic (exact) mass is 334 g/mol.